The van der Waals surface area contributed by atoms with Crippen LogP contribution in [0.25, 0.3) is 0 Å². The lowest BCUT2D eigenvalue weighted by Crippen LogP contribution is -2.15. The van der Waals surface area contributed by atoms with E-state index in [-0.39, 0.29) is 21.8 Å². The van der Waals surface area contributed by atoms with Gasteiger partial charge >= 0.3 is 5.97 Å². The average molecular weight is 370 g/mol. The Morgan fingerprint density at radius 2 is 2.00 bits per heavy atom. The van der Waals surface area contributed by atoms with Gasteiger partial charge in [0.1, 0.15) is 0 Å². The number of benzene rings is 1. The summed E-state index contributed by atoms with van der Waals surface area (Å²) < 4.78 is 0.605. The molecule has 108 valence electrons. The van der Waals surface area contributed by atoms with Gasteiger partial charge in [0, 0.05) is 16.4 Å². The highest BCUT2D eigenvalue weighted by Crippen LogP contribution is 2.23. The number of hydrogen-bond acceptors (Lipinski definition) is 3. The van der Waals surface area contributed by atoms with Gasteiger partial charge < -0.3 is 10.4 Å². The van der Waals surface area contributed by atoms with Crippen molar-refractivity contribution < 1.29 is 14.7 Å². The number of carbonyl (C=O) groups is 2. The molecule has 0 saturated heterocycles. The second-order valence-electron chi connectivity index (χ2n) is 4.25. The largest absolute Gasteiger partial charge is 0.478 e. The maximum Gasteiger partial charge on any atom is 0.337 e. The number of aromatic nitrogens is 1. The molecule has 1 amide bonds. The van der Waals surface area contributed by atoms with Crippen LogP contribution >= 0.6 is 27.5 Å². The molecule has 0 atom stereocenters. The van der Waals surface area contributed by atoms with E-state index in [9.17, 15) is 9.59 Å². The first kappa shape index (κ1) is 15.5. The Hall–Kier alpha value is -1.92. The summed E-state index contributed by atoms with van der Waals surface area (Å²) in [7, 11) is 0. The molecule has 2 N–H and O–H groups in total. The van der Waals surface area contributed by atoms with Gasteiger partial charge in [-0.2, -0.15) is 0 Å². The summed E-state index contributed by atoms with van der Waals surface area (Å²) in [4.78, 5) is 27.4. The van der Waals surface area contributed by atoms with Gasteiger partial charge in [-0.3, -0.25) is 9.78 Å². The monoisotopic (exact) mass is 368 g/mol. The minimum Gasteiger partial charge on any atom is -0.478 e. The molecule has 0 bridgehead atoms. The molecule has 0 radical (unpaired) electrons. The smallest absolute Gasteiger partial charge is 0.337 e. The number of carboxylic acid groups (broad SMARTS) is 1. The Bertz CT molecular complexity index is 734. The van der Waals surface area contributed by atoms with Crippen LogP contribution in [0.15, 0.2) is 34.9 Å². The van der Waals surface area contributed by atoms with Crippen LogP contribution in [0.5, 0.6) is 0 Å². The van der Waals surface area contributed by atoms with E-state index >= 15 is 0 Å². The first-order chi connectivity index (χ1) is 9.88. The molecule has 5 nitrogen and oxygen atoms in total. The Kier molecular flexibility index (Phi) is 4.59. The van der Waals surface area contributed by atoms with Gasteiger partial charge in [-0.1, -0.05) is 27.5 Å². The van der Waals surface area contributed by atoms with E-state index in [1.54, 1.807) is 19.1 Å². The summed E-state index contributed by atoms with van der Waals surface area (Å²) in [5, 5.41) is 11.9. The van der Waals surface area contributed by atoms with E-state index in [0.717, 1.165) is 0 Å². The number of hydrogen-bond donors (Lipinski definition) is 2. The number of rotatable bonds is 3. The summed E-state index contributed by atoms with van der Waals surface area (Å²) in [5.74, 6) is -1.66. The molecule has 0 aliphatic carbocycles. The fourth-order valence-corrected chi connectivity index (χ4v) is 2.34. The number of nitrogens with one attached hydrogen (secondary N) is 1. The SMILES string of the molecule is Cc1cc(Cl)c(C(=O)Nc2ccc(Br)cc2C(=O)O)cn1. The molecule has 21 heavy (non-hydrogen) atoms. The summed E-state index contributed by atoms with van der Waals surface area (Å²) in [6.45, 7) is 1.75. The molecule has 0 saturated carbocycles. The highest BCUT2D eigenvalue weighted by Gasteiger charge is 2.16. The first-order valence-corrected chi connectivity index (χ1v) is 7.02. The van der Waals surface area contributed by atoms with E-state index in [2.05, 4.69) is 26.2 Å². The topological polar surface area (TPSA) is 79.3 Å². The number of carbonyl (C=O) groups excluding carboxylic acids is 1. The summed E-state index contributed by atoms with van der Waals surface area (Å²) in [5.41, 5.74) is 1.04. The Morgan fingerprint density at radius 3 is 2.62 bits per heavy atom. The van der Waals surface area contributed by atoms with E-state index in [0.29, 0.717) is 10.2 Å². The van der Waals surface area contributed by atoms with Crippen molar-refractivity contribution in [3.63, 3.8) is 0 Å². The minimum absolute atomic E-state index is 0.0195. The van der Waals surface area contributed by atoms with Crippen molar-refractivity contribution in [3.8, 4) is 0 Å². The average Bonchev–Trinajstić information content (AvgIpc) is 2.40. The van der Waals surface area contributed by atoms with Crippen molar-refractivity contribution in [1.82, 2.24) is 4.98 Å². The summed E-state index contributed by atoms with van der Waals surface area (Å²) in [6.07, 6.45) is 1.35. The quantitative estimate of drug-likeness (QED) is 0.863. The van der Waals surface area contributed by atoms with E-state index in [1.165, 1.54) is 18.3 Å². The van der Waals surface area contributed by atoms with Crippen molar-refractivity contribution in [2.45, 2.75) is 6.92 Å². The van der Waals surface area contributed by atoms with Crippen molar-refractivity contribution in [1.29, 1.82) is 0 Å². The fourth-order valence-electron chi connectivity index (χ4n) is 1.69. The van der Waals surface area contributed by atoms with E-state index in [1.807, 2.05) is 0 Å². The van der Waals surface area contributed by atoms with Crippen molar-refractivity contribution in [2.24, 2.45) is 0 Å². The predicted octanol–water partition coefficient (Wildman–Crippen LogP) is 3.76. The number of aryl methyl sites for hydroxylation is 1. The number of aromatic carboxylic acids is 1. The molecular weight excluding hydrogens is 360 g/mol. The van der Waals surface area contributed by atoms with Gasteiger partial charge in [0.15, 0.2) is 0 Å². The van der Waals surface area contributed by atoms with Gasteiger partial charge in [-0.15, -0.1) is 0 Å². The second-order valence-corrected chi connectivity index (χ2v) is 5.58. The van der Waals surface area contributed by atoms with Crippen LogP contribution in [0, 0.1) is 6.92 Å². The van der Waals surface area contributed by atoms with Crippen LogP contribution in [0.4, 0.5) is 5.69 Å². The molecule has 0 spiro atoms. The summed E-state index contributed by atoms with van der Waals surface area (Å²) in [6, 6.07) is 6.11. The number of nitrogens with zero attached hydrogens (tertiary/aromatic N) is 1. The minimum atomic E-state index is -1.14. The molecule has 2 aromatic rings. The maximum absolute atomic E-state index is 12.2. The maximum atomic E-state index is 12.2. The molecule has 0 fully saturated rings. The van der Waals surface area contributed by atoms with Crippen molar-refractivity contribution in [2.75, 3.05) is 5.32 Å². The third-order valence-electron chi connectivity index (χ3n) is 2.70. The van der Waals surface area contributed by atoms with Crippen LogP contribution in [0.2, 0.25) is 5.02 Å². The molecule has 2 rings (SSSR count). The lowest BCUT2D eigenvalue weighted by atomic mass is 10.1. The molecule has 0 aliphatic heterocycles. The Labute approximate surface area is 134 Å². The normalized spacial score (nSPS) is 10.2. The number of halogens is 2. The van der Waals surface area contributed by atoms with Gasteiger partial charge in [0.2, 0.25) is 0 Å². The number of carboxylic acids is 1. The number of anilines is 1. The van der Waals surface area contributed by atoms with E-state index < -0.39 is 11.9 Å². The van der Waals surface area contributed by atoms with Gasteiger partial charge in [0.05, 0.1) is 21.8 Å². The highest BCUT2D eigenvalue weighted by molar-refractivity contribution is 9.10. The number of pyridine rings is 1. The van der Waals surface area contributed by atoms with Crippen molar-refractivity contribution >= 4 is 45.1 Å². The zero-order chi connectivity index (χ0) is 15.6. The van der Waals surface area contributed by atoms with Gasteiger partial charge in [0.25, 0.3) is 5.91 Å². The molecule has 1 aromatic heterocycles. The standard InChI is InChI=1S/C14H10BrClN2O3/c1-7-4-11(16)10(6-17-7)13(19)18-12-3-2-8(15)5-9(12)14(20)21/h2-6H,1H3,(H,18,19)(H,20,21). The number of amides is 1. The molecular formula is C14H10BrClN2O3. The third kappa shape index (κ3) is 3.59. The van der Waals surface area contributed by atoms with Gasteiger partial charge in [-0.25, -0.2) is 4.79 Å². The highest BCUT2D eigenvalue weighted by atomic mass is 79.9. The molecule has 7 heteroatoms. The van der Waals surface area contributed by atoms with Gasteiger partial charge in [-0.05, 0) is 31.2 Å². The van der Waals surface area contributed by atoms with E-state index in [4.69, 9.17) is 16.7 Å². The fraction of sp³-hybridized carbons (Fsp3) is 0.0714. The summed E-state index contributed by atoms with van der Waals surface area (Å²) >= 11 is 9.18. The zero-order valence-electron chi connectivity index (χ0n) is 10.9. The zero-order valence-corrected chi connectivity index (χ0v) is 13.2. The molecule has 1 aromatic carbocycles. The molecule has 1 heterocycles. The predicted molar refractivity (Wildman–Crippen MR) is 83.0 cm³/mol. The Morgan fingerprint density at radius 1 is 1.29 bits per heavy atom. The second kappa shape index (κ2) is 6.24. The lowest BCUT2D eigenvalue weighted by molar-refractivity contribution is 0.0698. The van der Waals surface area contributed by atoms with Crippen LogP contribution in [0.1, 0.15) is 26.4 Å². The van der Waals surface area contributed by atoms with Crippen LogP contribution < -0.4 is 5.32 Å². The first-order valence-electron chi connectivity index (χ1n) is 5.85. The van der Waals surface area contributed by atoms with Crippen LogP contribution in [-0.2, 0) is 0 Å². The Balaban J connectivity index is 2.34. The molecule has 0 unspecified atom stereocenters. The third-order valence-corrected chi connectivity index (χ3v) is 3.50. The van der Waals surface area contributed by atoms with Crippen LogP contribution in [-0.4, -0.2) is 22.0 Å². The van der Waals surface area contributed by atoms with Crippen LogP contribution in [0.3, 0.4) is 0 Å². The molecule has 0 aliphatic rings. The van der Waals surface area contributed by atoms with Crippen molar-refractivity contribution in [3.05, 3.63) is 56.8 Å². The lowest BCUT2D eigenvalue weighted by Gasteiger charge is -2.10.